The molecule has 1 heterocycles. The summed E-state index contributed by atoms with van der Waals surface area (Å²) in [6.07, 6.45) is -4.66. The van der Waals surface area contributed by atoms with Gasteiger partial charge in [-0.25, -0.2) is 0 Å². The molecule has 0 bridgehead atoms. The largest absolute Gasteiger partial charge is 0.416 e. The van der Waals surface area contributed by atoms with E-state index in [1.165, 1.54) is 0 Å². The van der Waals surface area contributed by atoms with Crippen molar-refractivity contribution in [2.24, 2.45) is 0 Å². The van der Waals surface area contributed by atoms with Crippen LogP contribution in [0.4, 0.5) is 30.2 Å². The van der Waals surface area contributed by atoms with Gasteiger partial charge in [0.2, 0.25) is 0 Å². The highest BCUT2D eigenvalue weighted by molar-refractivity contribution is 7.99. The molecule has 0 atom stereocenters. The van der Waals surface area contributed by atoms with E-state index in [1.807, 2.05) is 0 Å². The lowest BCUT2D eigenvalue weighted by Crippen LogP contribution is -2.09. The molecule has 0 amide bonds. The second kappa shape index (κ2) is 5.06. The Morgan fingerprint density at radius 1 is 1.18 bits per heavy atom. The number of alkyl halides is 3. The van der Waals surface area contributed by atoms with Crippen molar-refractivity contribution in [1.82, 2.24) is 0 Å². The summed E-state index contributed by atoms with van der Waals surface area (Å²) < 4.78 is 38.7. The van der Waals surface area contributed by atoms with E-state index in [1.54, 1.807) is 18.2 Å². The van der Waals surface area contributed by atoms with Crippen LogP contribution in [0.3, 0.4) is 0 Å². The normalized spacial score (nSPS) is 13.1. The van der Waals surface area contributed by atoms with Crippen LogP contribution in [-0.2, 0) is 6.18 Å². The quantitative estimate of drug-likeness (QED) is 0.468. The number of nitro groups is 1. The predicted molar refractivity (Wildman–Crippen MR) is 77.0 cm³/mol. The zero-order valence-corrected chi connectivity index (χ0v) is 12.1. The number of anilines is 2. The summed E-state index contributed by atoms with van der Waals surface area (Å²) in [6.45, 7) is 0. The van der Waals surface area contributed by atoms with Crippen LogP contribution in [0.15, 0.2) is 40.1 Å². The first kappa shape index (κ1) is 15.0. The van der Waals surface area contributed by atoms with E-state index < -0.39 is 22.4 Å². The molecule has 0 spiro atoms. The second-order valence-electron chi connectivity index (χ2n) is 4.49. The van der Waals surface area contributed by atoms with Gasteiger partial charge in [-0.2, -0.15) is 13.2 Å². The number of hydrogen-bond donors (Lipinski definition) is 1. The maximum atomic E-state index is 12.9. The van der Waals surface area contributed by atoms with Gasteiger partial charge in [0, 0.05) is 20.9 Å². The van der Waals surface area contributed by atoms with Crippen LogP contribution in [0.1, 0.15) is 5.56 Å². The standard InChI is InChI=1S/C13H6ClF3N2O2S/c14-7-1-2-8-10(5-7)22-11-4-6(13(15,16)17)3-9(19(20)21)12(11)18-8/h1-5,18H. The molecular weight excluding hydrogens is 341 g/mol. The van der Waals surface area contributed by atoms with E-state index in [2.05, 4.69) is 5.32 Å². The molecule has 22 heavy (non-hydrogen) atoms. The molecule has 0 radical (unpaired) electrons. The topological polar surface area (TPSA) is 55.2 Å². The van der Waals surface area contributed by atoms with Gasteiger partial charge < -0.3 is 5.32 Å². The molecule has 3 rings (SSSR count). The lowest BCUT2D eigenvalue weighted by Gasteiger charge is -2.22. The Morgan fingerprint density at radius 3 is 2.55 bits per heavy atom. The Balaban J connectivity index is 2.18. The van der Waals surface area contributed by atoms with Gasteiger partial charge in [-0.3, -0.25) is 10.1 Å². The maximum absolute atomic E-state index is 12.9. The number of fused-ring (bicyclic) bond motifs is 2. The molecule has 9 heteroatoms. The molecule has 0 aliphatic carbocycles. The van der Waals surface area contributed by atoms with E-state index in [0.29, 0.717) is 21.7 Å². The SMILES string of the molecule is O=[N+]([O-])c1cc(C(F)(F)F)cc2c1Nc1ccc(Cl)cc1S2. The summed E-state index contributed by atoms with van der Waals surface area (Å²) in [5.41, 5.74) is -1.06. The first-order chi connectivity index (χ1) is 10.3. The van der Waals surface area contributed by atoms with Crippen LogP contribution in [0.25, 0.3) is 0 Å². The van der Waals surface area contributed by atoms with E-state index >= 15 is 0 Å². The van der Waals surface area contributed by atoms with Crippen LogP contribution in [0.5, 0.6) is 0 Å². The third kappa shape index (κ3) is 2.59. The minimum absolute atomic E-state index is 0.0535. The number of nitrogens with zero attached hydrogens (tertiary/aromatic N) is 1. The fraction of sp³-hybridized carbons (Fsp3) is 0.0769. The number of halogens is 4. The molecule has 114 valence electrons. The first-order valence-electron chi connectivity index (χ1n) is 5.90. The summed E-state index contributed by atoms with van der Waals surface area (Å²) in [6, 6.07) is 6.23. The van der Waals surface area contributed by atoms with Crippen LogP contribution in [0.2, 0.25) is 5.02 Å². The summed E-state index contributed by atoms with van der Waals surface area (Å²) in [5, 5.41) is 14.3. The average molecular weight is 347 g/mol. The van der Waals surface area contributed by atoms with Crippen LogP contribution >= 0.6 is 23.4 Å². The highest BCUT2D eigenvalue weighted by Gasteiger charge is 2.36. The van der Waals surface area contributed by atoms with Gasteiger partial charge in [0.15, 0.2) is 0 Å². The molecule has 0 aromatic heterocycles. The highest BCUT2D eigenvalue weighted by atomic mass is 35.5. The Morgan fingerprint density at radius 2 is 1.91 bits per heavy atom. The van der Waals surface area contributed by atoms with Crippen molar-refractivity contribution in [3.63, 3.8) is 0 Å². The lowest BCUT2D eigenvalue weighted by atomic mass is 10.1. The molecule has 1 aliphatic rings. The third-order valence-corrected chi connectivity index (χ3v) is 4.36. The highest BCUT2D eigenvalue weighted by Crippen LogP contribution is 2.50. The minimum Gasteiger partial charge on any atom is -0.348 e. The zero-order chi connectivity index (χ0) is 16.1. The van der Waals surface area contributed by atoms with Gasteiger partial charge in [-0.05, 0) is 24.3 Å². The Hall–Kier alpha value is -1.93. The minimum atomic E-state index is -4.66. The number of rotatable bonds is 1. The van der Waals surface area contributed by atoms with Gasteiger partial charge in [-0.15, -0.1) is 0 Å². The molecule has 0 saturated carbocycles. The van der Waals surface area contributed by atoms with Gasteiger partial charge in [0.05, 0.1) is 16.2 Å². The monoisotopic (exact) mass is 346 g/mol. The van der Waals surface area contributed by atoms with Gasteiger partial charge in [0.1, 0.15) is 5.69 Å². The van der Waals surface area contributed by atoms with Crippen LogP contribution in [-0.4, -0.2) is 4.92 Å². The van der Waals surface area contributed by atoms with E-state index in [4.69, 9.17) is 11.6 Å². The second-order valence-corrected chi connectivity index (χ2v) is 6.01. The van der Waals surface area contributed by atoms with Crippen molar-refractivity contribution in [1.29, 1.82) is 0 Å². The lowest BCUT2D eigenvalue weighted by molar-refractivity contribution is -0.384. The van der Waals surface area contributed by atoms with Gasteiger partial charge in [-0.1, -0.05) is 23.4 Å². The molecule has 2 aromatic carbocycles. The number of nitrogens with one attached hydrogen (secondary N) is 1. The summed E-state index contributed by atoms with van der Waals surface area (Å²) in [4.78, 5) is 11.0. The molecule has 0 fully saturated rings. The first-order valence-corrected chi connectivity index (χ1v) is 7.09. The maximum Gasteiger partial charge on any atom is 0.416 e. The van der Waals surface area contributed by atoms with Crippen molar-refractivity contribution < 1.29 is 18.1 Å². The number of hydrogen-bond acceptors (Lipinski definition) is 4. The summed E-state index contributed by atoms with van der Waals surface area (Å²) in [7, 11) is 0. The van der Waals surface area contributed by atoms with Crippen molar-refractivity contribution in [3.05, 3.63) is 51.0 Å². The molecular formula is C13H6ClF3N2O2S. The summed E-state index contributed by atoms with van der Waals surface area (Å²) >= 11 is 6.87. The van der Waals surface area contributed by atoms with Crippen molar-refractivity contribution in [2.45, 2.75) is 16.0 Å². The van der Waals surface area contributed by atoms with Crippen molar-refractivity contribution in [3.8, 4) is 0 Å². The van der Waals surface area contributed by atoms with Gasteiger partial charge in [0.25, 0.3) is 5.69 Å². The molecule has 2 aromatic rings. The number of benzene rings is 2. The molecule has 4 nitrogen and oxygen atoms in total. The fourth-order valence-electron chi connectivity index (χ4n) is 2.05. The summed E-state index contributed by atoms with van der Waals surface area (Å²) in [5.74, 6) is 0. The predicted octanol–water partition coefficient (Wildman–Crippen LogP) is 5.48. The molecule has 0 saturated heterocycles. The van der Waals surface area contributed by atoms with Crippen molar-refractivity contribution in [2.75, 3.05) is 5.32 Å². The number of nitro benzene ring substituents is 1. The van der Waals surface area contributed by atoms with Crippen LogP contribution < -0.4 is 5.32 Å². The van der Waals surface area contributed by atoms with Crippen molar-refractivity contribution >= 4 is 40.4 Å². The van der Waals surface area contributed by atoms with Crippen LogP contribution in [0, 0.1) is 10.1 Å². The fourth-order valence-corrected chi connectivity index (χ4v) is 3.38. The zero-order valence-electron chi connectivity index (χ0n) is 10.6. The molecule has 0 unspecified atom stereocenters. The Labute approximate surface area is 131 Å². The Bertz CT molecular complexity index is 796. The average Bonchev–Trinajstić information content (AvgIpc) is 2.42. The van der Waals surface area contributed by atoms with E-state index in [9.17, 15) is 23.3 Å². The smallest absolute Gasteiger partial charge is 0.348 e. The third-order valence-electron chi connectivity index (χ3n) is 3.03. The van der Waals surface area contributed by atoms with E-state index in [-0.39, 0.29) is 10.6 Å². The van der Waals surface area contributed by atoms with Gasteiger partial charge >= 0.3 is 6.18 Å². The molecule has 1 N–H and O–H groups in total. The Kier molecular flexibility index (Phi) is 3.45. The molecule has 1 aliphatic heterocycles. The van der Waals surface area contributed by atoms with E-state index in [0.717, 1.165) is 17.8 Å².